The predicted molar refractivity (Wildman–Crippen MR) is 66.4 cm³/mol. The minimum absolute atomic E-state index is 0.0849. The molecule has 2 aromatic carbocycles. The molecular weight excluding hydrogens is 296 g/mol. The number of hydrogen-bond donors (Lipinski definition) is 1. The van der Waals surface area contributed by atoms with Gasteiger partial charge < -0.3 is 5.11 Å². The summed E-state index contributed by atoms with van der Waals surface area (Å²) in [4.78, 5) is 0. The molecule has 1 unspecified atom stereocenters. The van der Waals surface area contributed by atoms with Gasteiger partial charge in [0.25, 0.3) is 0 Å². The molecule has 1 atom stereocenters. The first-order chi connectivity index (χ1) is 9.40. The Kier molecular flexibility index (Phi) is 4.30. The van der Waals surface area contributed by atoms with Crippen molar-refractivity contribution in [3.05, 3.63) is 69.8 Å². The number of rotatable bonds is 3. The van der Waals surface area contributed by atoms with E-state index in [1.165, 1.54) is 12.1 Å². The van der Waals surface area contributed by atoms with Crippen LogP contribution >= 0.6 is 11.6 Å². The lowest BCUT2D eigenvalue weighted by molar-refractivity contribution is 0.176. The second-order valence-corrected chi connectivity index (χ2v) is 4.63. The van der Waals surface area contributed by atoms with Crippen LogP contribution in [0.3, 0.4) is 0 Å². The van der Waals surface area contributed by atoms with Crippen LogP contribution in [0.2, 0.25) is 5.02 Å². The molecule has 0 bridgehead atoms. The number of benzene rings is 2. The summed E-state index contributed by atoms with van der Waals surface area (Å²) in [6, 6.07) is 4.97. The summed E-state index contributed by atoms with van der Waals surface area (Å²) in [5.41, 5.74) is -0.174. The second kappa shape index (κ2) is 5.81. The molecule has 0 amide bonds. The molecule has 2 aromatic rings. The van der Waals surface area contributed by atoms with Crippen molar-refractivity contribution in [1.29, 1.82) is 0 Å². The molecule has 0 fully saturated rings. The number of halogens is 5. The Morgan fingerprint density at radius 3 is 2.35 bits per heavy atom. The summed E-state index contributed by atoms with van der Waals surface area (Å²) < 4.78 is 52.5. The Balaban J connectivity index is 2.31. The number of hydrogen-bond acceptors (Lipinski definition) is 1. The lowest BCUT2D eigenvalue weighted by Gasteiger charge is -2.14. The van der Waals surface area contributed by atoms with E-state index in [9.17, 15) is 22.7 Å². The van der Waals surface area contributed by atoms with Gasteiger partial charge in [-0.05, 0) is 23.8 Å². The minimum atomic E-state index is -1.38. The van der Waals surface area contributed by atoms with Gasteiger partial charge in [-0.25, -0.2) is 17.6 Å². The van der Waals surface area contributed by atoms with Crippen molar-refractivity contribution in [2.75, 3.05) is 0 Å². The van der Waals surface area contributed by atoms with Crippen LogP contribution in [-0.2, 0) is 6.42 Å². The highest BCUT2D eigenvalue weighted by Crippen LogP contribution is 2.28. The van der Waals surface area contributed by atoms with E-state index >= 15 is 0 Å². The summed E-state index contributed by atoms with van der Waals surface area (Å²) in [5, 5.41) is 9.74. The molecule has 2 rings (SSSR count). The van der Waals surface area contributed by atoms with Crippen LogP contribution in [-0.4, -0.2) is 5.11 Å². The zero-order valence-electron chi connectivity index (χ0n) is 10.0. The lowest BCUT2D eigenvalue weighted by Crippen LogP contribution is -2.06. The normalized spacial score (nSPS) is 12.5. The molecule has 0 aliphatic carbocycles. The fourth-order valence-electron chi connectivity index (χ4n) is 1.82. The topological polar surface area (TPSA) is 20.2 Å². The van der Waals surface area contributed by atoms with Crippen LogP contribution in [0, 0.1) is 23.3 Å². The smallest absolute Gasteiger partial charge is 0.162 e. The molecule has 6 heteroatoms. The standard InChI is InChI=1S/C14H9ClF4O/c15-9-6-12(18)11(17)5-8(9)13(20)4-7-2-1-3-10(16)14(7)19/h1-3,5-6,13,20H,4H2. The van der Waals surface area contributed by atoms with E-state index in [0.29, 0.717) is 0 Å². The van der Waals surface area contributed by atoms with Gasteiger partial charge in [0.2, 0.25) is 0 Å². The van der Waals surface area contributed by atoms with Crippen LogP contribution in [0.5, 0.6) is 0 Å². The van der Waals surface area contributed by atoms with E-state index in [1.54, 1.807) is 0 Å². The molecule has 0 aliphatic rings. The zero-order valence-corrected chi connectivity index (χ0v) is 10.8. The van der Waals surface area contributed by atoms with Crippen molar-refractivity contribution in [1.82, 2.24) is 0 Å². The van der Waals surface area contributed by atoms with Crippen molar-refractivity contribution < 1.29 is 22.7 Å². The fraction of sp³-hybridized carbons (Fsp3) is 0.143. The van der Waals surface area contributed by atoms with Gasteiger partial charge in [-0.1, -0.05) is 23.7 Å². The van der Waals surface area contributed by atoms with Crippen molar-refractivity contribution in [2.45, 2.75) is 12.5 Å². The Morgan fingerprint density at radius 1 is 1.00 bits per heavy atom. The van der Waals surface area contributed by atoms with E-state index < -0.39 is 29.4 Å². The number of aliphatic hydroxyl groups excluding tert-OH is 1. The highest BCUT2D eigenvalue weighted by Gasteiger charge is 2.18. The maximum Gasteiger partial charge on any atom is 0.162 e. The van der Waals surface area contributed by atoms with Crippen LogP contribution in [0.25, 0.3) is 0 Å². The average molecular weight is 305 g/mol. The maximum atomic E-state index is 13.5. The molecule has 0 aliphatic heterocycles. The molecular formula is C14H9ClF4O. The van der Waals surface area contributed by atoms with Crippen LogP contribution < -0.4 is 0 Å². The second-order valence-electron chi connectivity index (χ2n) is 4.22. The van der Waals surface area contributed by atoms with Gasteiger partial charge in [0, 0.05) is 17.0 Å². The van der Waals surface area contributed by atoms with Crippen molar-refractivity contribution in [3.63, 3.8) is 0 Å². The minimum Gasteiger partial charge on any atom is -0.388 e. The average Bonchev–Trinajstić information content (AvgIpc) is 2.39. The zero-order chi connectivity index (χ0) is 14.9. The van der Waals surface area contributed by atoms with Gasteiger partial charge in [-0.3, -0.25) is 0 Å². The third-order valence-corrected chi connectivity index (χ3v) is 3.17. The highest BCUT2D eigenvalue weighted by atomic mass is 35.5. The van der Waals surface area contributed by atoms with E-state index in [-0.39, 0.29) is 22.6 Å². The van der Waals surface area contributed by atoms with Gasteiger partial charge >= 0.3 is 0 Å². The van der Waals surface area contributed by atoms with Gasteiger partial charge in [-0.15, -0.1) is 0 Å². The lowest BCUT2D eigenvalue weighted by atomic mass is 10.0. The fourth-order valence-corrected chi connectivity index (χ4v) is 2.09. The maximum absolute atomic E-state index is 13.5. The largest absolute Gasteiger partial charge is 0.388 e. The summed E-state index contributed by atoms with van der Waals surface area (Å²) in [5.74, 6) is -4.47. The van der Waals surface area contributed by atoms with E-state index in [4.69, 9.17) is 11.6 Å². The van der Waals surface area contributed by atoms with Crippen molar-refractivity contribution >= 4 is 11.6 Å². The monoisotopic (exact) mass is 304 g/mol. The van der Waals surface area contributed by atoms with Gasteiger partial charge in [0.1, 0.15) is 0 Å². The quantitative estimate of drug-likeness (QED) is 0.666. The highest BCUT2D eigenvalue weighted by molar-refractivity contribution is 6.31. The summed E-state index contributed by atoms with van der Waals surface area (Å²) >= 11 is 5.70. The first-order valence-corrected chi connectivity index (χ1v) is 6.03. The van der Waals surface area contributed by atoms with Gasteiger partial charge in [0.05, 0.1) is 6.10 Å². The molecule has 0 saturated heterocycles. The first kappa shape index (κ1) is 14.8. The molecule has 106 valence electrons. The molecule has 20 heavy (non-hydrogen) atoms. The van der Waals surface area contributed by atoms with E-state index in [0.717, 1.165) is 18.2 Å². The SMILES string of the molecule is OC(Cc1cccc(F)c1F)c1cc(F)c(F)cc1Cl. The van der Waals surface area contributed by atoms with Crippen molar-refractivity contribution in [3.8, 4) is 0 Å². The molecule has 0 aromatic heterocycles. The molecule has 0 spiro atoms. The van der Waals surface area contributed by atoms with Crippen LogP contribution in [0.1, 0.15) is 17.2 Å². The molecule has 0 radical (unpaired) electrons. The third kappa shape index (κ3) is 2.94. The third-order valence-electron chi connectivity index (χ3n) is 2.84. The molecule has 1 nitrogen and oxygen atoms in total. The molecule has 0 heterocycles. The summed E-state index contributed by atoms with van der Waals surface area (Å²) in [6.07, 6.45) is -1.69. The Hall–Kier alpha value is -1.59. The molecule has 0 saturated carbocycles. The van der Waals surface area contributed by atoms with Gasteiger partial charge in [-0.2, -0.15) is 0 Å². The Morgan fingerprint density at radius 2 is 1.65 bits per heavy atom. The first-order valence-electron chi connectivity index (χ1n) is 5.65. The summed E-state index contributed by atoms with van der Waals surface area (Å²) in [7, 11) is 0. The Labute approximate surface area is 117 Å². The molecule has 1 N–H and O–H groups in total. The van der Waals surface area contributed by atoms with Crippen molar-refractivity contribution in [2.24, 2.45) is 0 Å². The van der Waals surface area contributed by atoms with E-state index in [2.05, 4.69) is 0 Å². The van der Waals surface area contributed by atoms with Crippen LogP contribution in [0.15, 0.2) is 30.3 Å². The van der Waals surface area contributed by atoms with Gasteiger partial charge in [0.15, 0.2) is 23.3 Å². The predicted octanol–water partition coefficient (Wildman–Crippen LogP) is 4.17. The Bertz CT molecular complexity index is 645. The van der Waals surface area contributed by atoms with E-state index in [1.807, 2.05) is 0 Å². The number of aliphatic hydroxyl groups is 1. The summed E-state index contributed by atoms with van der Waals surface area (Å²) in [6.45, 7) is 0. The van der Waals surface area contributed by atoms with Crippen LogP contribution in [0.4, 0.5) is 17.6 Å².